The first kappa shape index (κ1) is 8.61. The van der Waals surface area contributed by atoms with Gasteiger partial charge in [0.05, 0.1) is 4.92 Å². The predicted molar refractivity (Wildman–Crippen MR) is 42.0 cm³/mol. The lowest BCUT2D eigenvalue weighted by molar-refractivity contribution is -0.385. The summed E-state index contributed by atoms with van der Waals surface area (Å²) < 4.78 is 0. The Morgan fingerprint density at radius 3 is 2.50 bits per heavy atom. The number of nitrogens with two attached hydrogens (primary N) is 1. The number of rotatable bonds is 1. The van der Waals surface area contributed by atoms with Crippen LogP contribution in [-0.2, 0) is 0 Å². The monoisotopic (exact) mass is 187 g/mol. The topological polar surface area (TPSA) is 92.2 Å². The summed E-state index contributed by atoms with van der Waals surface area (Å²) in [6, 6.07) is 1.95. The molecule has 5 nitrogen and oxygen atoms in total. The third kappa shape index (κ3) is 1.40. The van der Waals surface area contributed by atoms with Crippen LogP contribution >= 0.6 is 11.6 Å². The van der Waals surface area contributed by atoms with Crippen LogP contribution in [-0.4, -0.2) is 4.92 Å². The van der Waals surface area contributed by atoms with Crippen LogP contribution in [0.15, 0.2) is 12.1 Å². The molecule has 12 heavy (non-hydrogen) atoms. The van der Waals surface area contributed by atoms with Gasteiger partial charge < -0.3 is 10.8 Å². The summed E-state index contributed by atoms with van der Waals surface area (Å²) in [6.07, 6.45) is 0. The number of nitrogen functional groups attached to an aromatic ring is 1. The fourth-order valence-corrected chi connectivity index (χ4v) is 0.926. The predicted octanol–water partition coefficient (Wildman–Crippen LogP) is 0.904. The number of anilines is 1. The SMILES string of the molecule is Nc1cc([N+](=O)[O-])cc(Cl)c1[O-]. The zero-order valence-corrected chi connectivity index (χ0v) is 6.54. The molecule has 64 valence electrons. The Kier molecular flexibility index (Phi) is 2.05. The van der Waals surface area contributed by atoms with Gasteiger partial charge in [0, 0.05) is 22.8 Å². The number of nitro groups is 1. The molecule has 0 aliphatic rings. The average Bonchev–Trinajstić information content (AvgIpc) is 1.99. The molecule has 0 saturated carbocycles. The van der Waals surface area contributed by atoms with Crippen LogP contribution in [0.3, 0.4) is 0 Å². The van der Waals surface area contributed by atoms with Crippen LogP contribution < -0.4 is 10.8 Å². The molecule has 0 spiro atoms. The molecule has 0 amide bonds. The molecule has 6 heteroatoms. The molecule has 1 aromatic rings. The van der Waals surface area contributed by atoms with E-state index in [0.717, 1.165) is 12.1 Å². The van der Waals surface area contributed by atoms with Crippen LogP contribution in [0.2, 0.25) is 5.02 Å². The van der Waals surface area contributed by atoms with E-state index in [2.05, 4.69) is 0 Å². The lowest BCUT2D eigenvalue weighted by Crippen LogP contribution is -1.99. The standard InChI is InChI=1S/C6H5ClN2O3/c7-4-1-3(9(11)12)2-5(8)6(4)10/h1-2,10H,8H2/p-1. The molecular formula is C6H4ClN2O3-. The van der Waals surface area contributed by atoms with E-state index in [1.165, 1.54) is 0 Å². The van der Waals surface area contributed by atoms with E-state index in [0.29, 0.717) is 0 Å². The first-order valence-corrected chi connectivity index (χ1v) is 3.30. The second-order valence-corrected chi connectivity index (χ2v) is 2.51. The first-order chi connectivity index (χ1) is 5.52. The van der Waals surface area contributed by atoms with E-state index >= 15 is 0 Å². The quantitative estimate of drug-likeness (QED) is 0.402. The zero-order chi connectivity index (χ0) is 9.30. The molecule has 2 N–H and O–H groups in total. The fourth-order valence-electron chi connectivity index (χ4n) is 0.705. The van der Waals surface area contributed by atoms with E-state index in [4.69, 9.17) is 17.3 Å². The molecule has 1 rings (SSSR count). The number of nitrogens with zero attached hydrogens (tertiary/aromatic N) is 1. The second-order valence-electron chi connectivity index (χ2n) is 2.10. The molecule has 0 heterocycles. The molecule has 0 radical (unpaired) electrons. The van der Waals surface area contributed by atoms with Crippen LogP contribution in [0.25, 0.3) is 0 Å². The molecule has 0 unspecified atom stereocenters. The van der Waals surface area contributed by atoms with E-state index < -0.39 is 10.7 Å². The van der Waals surface area contributed by atoms with Crippen molar-refractivity contribution in [1.82, 2.24) is 0 Å². The van der Waals surface area contributed by atoms with Gasteiger partial charge >= 0.3 is 0 Å². The normalized spacial score (nSPS) is 9.75. The first-order valence-electron chi connectivity index (χ1n) is 2.93. The molecule has 0 saturated heterocycles. The summed E-state index contributed by atoms with van der Waals surface area (Å²) in [5.74, 6) is -0.581. The number of hydrogen-bond donors (Lipinski definition) is 1. The summed E-state index contributed by atoms with van der Waals surface area (Å²) in [4.78, 5) is 9.54. The lowest BCUT2D eigenvalue weighted by atomic mass is 10.2. The van der Waals surface area contributed by atoms with Crippen molar-refractivity contribution in [2.75, 3.05) is 5.73 Å². The average molecular weight is 188 g/mol. The van der Waals surface area contributed by atoms with Crippen molar-refractivity contribution in [3.05, 3.63) is 27.3 Å². The summed E-state index contributed by atoms with van der Waals surface area (Å²) in [5.41, 5.74) is 4.66. The van der Waals surface area contributed by atoms with Crippen LogP contribution in [0.1, 0.15) is 0 Å². The minimum Gasteiger partial charge on any atom is -0.870 e. The maximum absolute atomic E-state index is 10.9. The van der Waals surface area contributed by atoms with Gasteiger partial charge in [0.1, 0.15) is 0 Å². The van der Waals surface area contributed by atoms with Gasteiger partial charge in [0.25, 0.3) is 5.69 Å². The highest BCUT2D eigenvalue weighted by molar-refractivity contribution is 6.32. The van der Waals surface area contributed by atoms with Crippen molar-refractivity contribution in [3.63, 3.8) is 0 Å². The van der Waals surface area contributed by atoms with Crippen LogP contribution in [0.5, 0.6) is 5.75 Å². The minimum absolute atomic E-state index is 0.214. The maximum Gasteiger partial charge on any atom is 0.272 e. The van der Waals surface area contributed by atoms with Gasteiger partial charge in [-0.15, -0.1) is 0 Å². The Labute approximate surface area is 72.5 Å². The van der Waals surface area contributed by atoms with Gasteiger partial charge in [-0.3, -0.25) is 10.1 Å². The number of nitro benzene ring substituents is 1. The zero-order valence-electron chi connectivity index (χ0n) is 5.78. The molecule has 1 aromatic carbocycles. The van der Waals surface area contributed by atoms with Gasteiger partial charge in [-0.2, -0.15) is 0 Å². The number of halogens is 1. The molecule has 0 bridgehead atoms. The molecule has 0 aliphatic heterocycles. The van der Waals surface area contributed by atoms with Crippen molar-refractivity contribution in [2.24, 2.45) is 0 Å². The van der Waals surface area contributed by atoms with Gasteiger partial charge in [-0.25, -0.2) is 0 Å². The van der Waals surface area contributed by atoms with Gasteiger partial charge in [-0.05, 0) is 0 Å². The smallest absolute Gasteiger partial charge is 0.272 e. The summed E-state index contributed by atoms with van der Waals surface area (Å²) in [5, 5.41) is 20.8. The number of hydrogen-bond acceptors (Lipinski definition) is 4. The van der Waals surface area contributed by atoms with Gasteiger partial charge in [-0.1, -0.05) is 17.4 Å². The van der Waals surface area contributed by atoms with Crippen molar-refractivity contribution in [1.29, 1.82) is 0 Å². The van der Waals surface area contributed by atoms with E-state index in [1.807, 2.05) is 0 Å². The molecular weight excluding hydrogens is 184 g/mol. The Balaban J connectivity index is 3.31. The van der Waals surface area contributed by atoms with Crippen LogP contribution in [0.4, 0.5) is 11.4 Å². The van der Waals surface area contributed by atoms with Crippen LogP contribution in [0, 0.1) is 10.1 Å². The Hall–Kier alpha value is -1.49. The number of non-ortho nitro benzene ring substituents is 1. The number of benzene rings is 1. The third-order valence-corrected chi connectivity index (χ3v) is 1.55. The van der Waals surface area contributed by atoms with Crippen molar-refractivity contribution < 1.29 is 10.0 Å². The van der Waals surface area contributed by atoms with E-state index in [-0.39, 0.29) is 16.4 Å². The molecule has 0 aromatic heterocycles. The Morgan fingerprint density at radius 2 is 2.08 bits per heavy atom. The minimum atomic E-state index is -0.665. The van der Waals surface area contributed by atoms with Crippen molar-refractivity contribution >= 4 is 23.0 Å². The summed E-state index contributed by atoms with van der Waals surface area (Å²) in [6.45, 7) is 0. The van der Waals surface area contributed by atoms with E-state index in [9.17, 15) is 15.2 Å². The molecule has 0 atom stereocenters. The van der Waals surface area contributed by atoms with Gasteiger partial charge in [0.2, 0.25) is 0 Å². The Morgan fingerprint density at radius 1 is 1.50 bits per heavy atom. The van der Waals surface area contributed by atoms with E-state index in [1.54, 1.807) is 0 Å². The van der Waals surface area contributed by atoms with Crippen molar-refractivity contribution in [3.8, 4) is 5.75 Å². The molecule has 0 aliphatic carbocycles. The summed E-state index contributed by atoms with van der Waals surface area (Å²) in [7, 11) is 0. The fraction of sp³-hybridized carbons (Fsp3) is 0. The Bertz CT molecular complexity index is 317. The van der Waals surface area contributed by atoms with Gasteiger partial charge in [0.15, 0.2) is 0 Å². The highest BCUT2D eigenvalue weighted by Gasteiger charge is 2.08. The maximum atomic E-state index is 10.9. The second kappa shape index (κ2) is 2.86. The highest BCUT2D eigenvalue weighted by atomic mass is 35.5. The largest absolute Gasteiger partial charge is 0.870 e. The summed E-state index contributed by atoms with van der Waals surface area (Å²) >= 11 is 5.37. The molecule has 0 fully saturated rings. The highest BCUT2D eigenvalue weighted by Crippen LogP contribution is 2.31. The van der Waals surface area contributed by atoms with Crippen molar-refractivity contribution in [2.45, 2.75) is 0 Å². The third-order valence-electron chi connectivity index (χ3n) is 1.27. The lowest BCUT2D eigenvalue weighted by Gasteiger charge is -2.10.